The van der Waals surface area contributed by atoms with Crippen LogP contribution in [0.4, 0.5) is 0 Å². The van der Waals surface area contributed by atoms with Crippen LogP contribution in [0.25, 0.3) is 0 Å². The molecule has 0 aromatic heterocycles. The molecule has 0 amide bonds. The predicted octanol–water partition coefficient (Wildman–Crippen LogP) is 2.61. The number of hydrogen-bond acceptors (Lipinski definition) is 3. The number of rotatable bonds is 8. The maximum atomic E-state index is 5.16. The molecule has 3 nitrogen and oxygen atoms in total. The second kappa shape index (κ2) is 8.31. The van der Waals surface area contributed by atoms with Crippen LogP contribution in [-0.4, -0.2) is 44.8 Å². The summed E-state index contributed by atoms with van der Waals surface area (Å²) < 4.78 is 5.16. The smallest absolute Gasteiger partial charge is 0.0589 e. The second-order valence-corrected chi connectivity index (χ2v) is 5.16. The molecule has 19 heavy (non-hydrogen) atoms. The van der Waals surface area contributed by atoms with Crippen LogP contribution in [0.3, 0.4) is 0 Å². The quantitative estimate of drug-likeness (QED) is 0.781. The van der Waals surface area contributed by atoms with Crippen molar-refractivity contribution in [1.82, 2.24) is 10.2 Å². The summed E-state index contributed by atoms with van der Waals surface area (Å²) in [5, 5.41) is 3.59. The zero-order valence-electron chi connectivity index (χ0n) is 12.9. The fraction of sp³-hybridized carbons (Fsp3) is 0.625. The fourth-order valence-corrected chi connectivity index (χ4v) is 2.25. The molecule has 0 saturated heterocycles. The Kier molecular flexibility index (Phi) is 7.06. The molecule has 1 aromatic rings. The molecular formula is C16H28N2O. The Morgan fingerprint density at radius 3 is 2.42 bits per heavy atom. The third-order valence-corrected chi connectivity index (χ3v) is 3.69. The Bertz CT molecular complexity index is 350. The summed E-state index contributed by atoms with van der Waals surface area (Å²) >= 11 is 0. The van der Waals surface area contributed by atoms with Crippen molar-refractivity contribution in [3.63, 3.8) is 0 Å². The lowest BCUT2D eigenvalue weighted by molar-refractivity contribution is 0.129. The molecule has 0 aliphatic carbocycles. The van der Waals surface area contributed by atoms with E-state index < -0.39 is 0 Å². The van der Waals surface area contributed by atoms with Gasteiger partial charge in [-0.3, -0.25) is 4.90 Å². The molecule has 3 heteroatoms. The highest BCUT2D eigenvalue weighted by atomic mass is 16.5. The van der Waals surface area contributed by atoms with Gasteiger partial charge in [-0.2, -0.15) is 0 Å². The third-order valence-electron chi connectivity index (χ3n) is 3.69. The molecule has 0 aliphatic rings. The number of benzene rings is 1. The summed E-state index contributed by atoms with van der Waals surface area (Å²) in [5.74, 6) is 0. The van der Waals surface area contributed by atoms with Crippen molar-refractivity contribution in [3.8, 4) is 0 Å². The monoisotopic (exact) mass is 264 g/mol. The zero-order valence-corrected chi connectivity index (χ0v) is 12.9. The van der Waals surface area contributed by atoms with Gasteiger partial charge in [0.2, 0.25) is 0 Å². The molecule has 0 bridgehead atoms. The van der Waals surface area contributed by atoms with Crippen LogP contribution in [0.2, 0.25) is 0 Å². The number of ether oxygens (including phenoxy) is 1. The molecule has 2 unspecified atom stereocenters. The SMILES string of the molecule is CCNC(c1ccc(C)cc1)C(C)N(C)CCOC. The number of nitrogens with one attached hydrogen (secondary N) is 1. The minimum Gasteiger partial charge on any atom is -0.383 e. The van der Waals surface area contributed by atoms with Crippen LogP contribution < -0.4 is 5.32 Å². The molecule has 1 N–H and O–H groups in total. The topological polar surface area (TPSA) is 24.5 Å². The van der Waals surface area contributed by atoms with Crippen LogP contribution >= 0.6 is 0 Å². The van der Waals surface area contributed by atoms with Crippen molar-refractivity contribution in [1.29, 1.82) is 0 Å². The lowest BCUT2D eigenvalue weighted by Crippen LogP contribution is -2.42. The fourth-order valence-electron chi connectivity index (χ4n) is 2.25. The van der Waals surface area contributed by atoms with Gasteiger partial charge in [0, 0.05) is 25.7 Å². The molecule has 108 valence electrons. The number of methoxy groups -OCH3 is 1. The largest absolute Gasteiger partial charge is 0.383 e. The molecule has 0 radical (unpaired) electrons. The highest BCUT2D eigenvalue weighted by molar-refractivity contribution is 5.25. The van der Waals surface area contributed by atoms with E-state index >= 15 is 0 Å². The number of hydrogen-bond donors (Lipinski definition) is 1. The predicted molar refractivity (Wildman–Crippen MR) is 81.6 cm³/mol. The summed E-state index contributed by atoms with van der Waals surface area (Å²) in [7, 11) is 3.91. The van der Waals surface area contributed by atoms with Crippen LogP contribution in [0.1, 0.15) is 31.0 Å². The Balaban J connectivity index is 2.78. The first-order valence-electron chi connectivity index (χ1n) is 7.09. The first-order chi connectivity index (χ1) is 9.10. The third kappa shape index (κ3) is 4.94. The van der Waals surface area contributed by atoms with E-state index in [1.54, 1.807) is 7.11 Å². The molecule has 1 aromatic carbocycles. The van der Waals surface area contributed by atoms with Crippen LogP contribution in [0.5, 0.6) is 0 Å². The Morgan fingerprint density at radius 1 is 1.26 bits per heavy atom. The van der Waals surface area contributed by atoms with Crippen molar-refractivity contribution in [2.75, 3.05) is 33.9 Å². The van der Waals surface area contributed by atoms with Crippen LogP contribution in [-0.2, 0) is 4.74 Å². The van der Waals surface area contributed by atoms with E-state index in [9.17, 15) is 0 Å². The van der Waals surface area contributed by atoms with Crippen LogP contribution in [0.15, 0.2) is 24.3 Å². The number of aryl methyl sites for hydroxylation is 1. The maximum absolute atomic E-state index is 5.16. The molecule has 0 saturated carbocycles. The first kappa shape index (κ1) is 16.2. The van der Waals surface area contributed by atoms with Gasteiger partial charge < -0.3 is 10.1 Å². The minimum absolute atomic E-state index is 0.354. The van der Waals surface area contributed by atoms with Gasteiger partial charge in [-0.25, -0.2) is 0 Å². The van der Waals surface area contributed by atoms with E-state index in [0.717, 1.165) is 19.7 Å². The van der Waals surface area contributed by atoms with E-state index in [4.69, 9.17) is 4.74 Å². The van der Waals surface area contributed by atoms with Crippen molar-refractivity contribution < 1.29 is 4.74 Å². The van der Waals surface area contributed by atoms with Gasteiger partial charge in [0.15, 0.2) is 0 Å². The van der Waals surface area contributed by atoms with Gasteiger partial charge in [0.1, 0.15) is 0 Å². The molecule has 2 atom stereocenters. The Hall–Kier alpha value is -0.900. The summed E-state index contributed by atoms with van der Waals surface area (Å²) in [5.41, 5.74) is 2.66. The second-order valence-electron chi connectivity index (χ2n) is 5.16. The van der Waals surface area contributed by atoms with Gasteiger partial charge in [-0.05, 0) is 33.0 Å². The molecule has 1 rings (SSSR count). The van der Waals surface area contributed by atoms with E-state index in [1.807, 2.05) is 0 Å². The highest BCUT2D eigenvalue weighted by Gasteiger charge is 2.21. The Labute approximate surface area is 118 Å². The molecule has 0 heterocycles. The van der Waals surface area contributed by atoms with Crippen molar-refractivity contribution >= 4 is 0 Å². The Morgan fingerprint density at radius 2 is 1.89 bits per heavy atom. The standard InChI is InChI=1S/C16H28N2O/c1-6-17-16(14(3)18(4)11-12-19-5)15-9-7-13(2)8-10-15/h7-10,14,16-17H,6,11-12H2,1-5H3. The summed E-state index contributed by atoms with van der Waals surface area (Å²) in [4.78, 5) is 2.34. The molecule has 0 fully saturated rings. The zero-order chi connectivity index (χ0) is 14.3. The summed E-state index contributed by atoms with van der Waals surface area (Å²) in [6.07, 6.45) is 0. The van der Waals surface area contributed by atoms with Gasteiger partial charge in [0.25, 0.3) is 0 Å². The number of likely N-dealkylation sites (N-methyl/N-ethyl adjacent to an activating group) is 2. The summed E-state index contributed by atoms with van der Waals surface area (Å²) in [6, 6.07) is 9.60. The van der Waals surface area contributed by atoms with Crippen LogP contribution in [0, 0.1) is 6.92 Å². The average molecular weight is 264 g/mol. The van der Waals surface area contributed by atoms with Crippen molar-refractivity contribution in [3.05, 3.63) is 35.4 Å². The first-order valence-corrected chi connectivity index (χ1v) is 7.09. The van der Waals surface area contributed by atoms with Gasteiger partial charge >= 0.3 is 0 Å². The maximum Gasteiger partial charge on any atom is 0.0589 e. The lowest BCUT2D eigenvalue weighted by Gasteiger charge is -2.32. The van der Waals surface area contributed by atoms with E-state index in [1.165, 1.54) is 11.1 Å². The minimum atomic E-state index is 0.354. The normalized spacial score (nSPS) is 14.6. The van der Waals surface area contributed by atoms with E-state index in [-0.39, 0.29) is 0 Å². The van der Waals surface area contributed by atoms with E-state index in [2.05, 4.69) is 62.3 Å². The van der Waals surface area contributed by atoms with Gasteiger partial charge in [-0.15, -0.1) is 0 Å². The lowest BCUT2D eigenvalue weighted by atomic mass is 9.98. The average Bonchev–Trinajstić information content (AvgIpc) is 2.42. The number of nitrogens with zero attached hydrogens (tertiary/aromatic N) is 1. The molecular weight excluding hydrogens is 236 g/mol. The van der Waals surface area contributed by atoms with E-state index in [0.29, 0.717) is 12.1 Å². The highest BCUT2D eigenvalue weighted by Crippen LogP contribution is 2.20. The van der Waals surface area contributed by atoms with Gasteiger partial charge in [-0.1, -0.05) is 36.8 Å². The molecule has 0 spiro atoms. The van der Waals surface area contributed by atoms with Crippen molar-refractivity contribution in [2.45, 2.75) is 32.9 Å². The van der Waals surface area contributed by atoms with Gasteiger partial charge in [0.05, 0.1) is 6.61 Å². The van der Waals surface area contributed by atoms with Crippen molar-refractivity contribution in [2.24, 2.45) is 0 Å². The summed E-state index contributed by atoms with van der Waals surface area (Å²) in [6.45, 7) is 9.24. The molecule has 0 aliphatic heterocycles.